The second-order valence-electron chi connectivity index (χ2n) is 3.45. The number of aliphatic hydroxyl groups excluding tert-OH is 1. The first-order chi connectivity index (χ1) is 7.33. The molecular weight excluding hydrogens is 192 g/mol. The van der Waals surface area contributed by atoms with Gasteiger partial charge in [-0.05, 0) is 31.4 Å². The first kappa shape index (κ1) is 9.92. The van der Waals surface area contributed by atoms with Crippen LogP contribution in [0.2, 0.25) is 0 Å². The molecule has 0 spiro atoms. The highest BCUT2D eigenvalue weighted by atomic mass is 16.2. The summed E-state index contributed by atoms with van der Waals surface area (Å²) in [5, 5.41) is 12.8. The van der Waals surface area contributed by atoms with Gasteiger partial charge in [-0.3, -0.25) is 0 Å². The van der Waals surface area contributed by atoms with Gasteiger partial charge in [0, 0.05) is 12.3 Å². The molecule has 0 aliphatic carbocycles. The highest BCUT2D eigenvalue weighted by Gasteiger charge is 2.05. The van der Waals surface area contributed by atoms with Crippen molar-refractivity contribution < 1.29 is 5.11 Å². The third-order valence-corrected chi connectivity index (χ3v) is 2.40. The number of hydrogen-bond donors (Lipinski definition) is 2. The van der Waals surface area contributed by atoms with E-state index in [-0.39, 0.29) is 6.61 Å². The number of aryl methyl sites for hydroxylation is 1. The van der Waals surface area contributed by atoms with E-state index in [4.69, 9.17) is 10.8 Å². The fraction of sp³-hybridized carbons (Fsp3) is 0.400. The second kappa shape index (κ2) is 4.27. The zero-order valence-corrected chi connectivity index (χ0v) is 8.43. The maximum atomic E-state index is 8.70. The fourth-order valence-electron chi connectivity index (χ4n) is 1.61. The number of aromatic nitrogens is 3. The van der Waals surface area contributed by atoms with Gasteiger partial charge in [-0.15, -0.1) is 0 Å². The standard InChI is InChI=1S/C10H14N4O/c11-10-9-5-4-8(3-1-2-6-15)14(9)13-7-12-10/h4-5,7,15H,1-3,6H2,(H2,11,12,13). The first-order valence-electron chi connectivity index (χ1n) is 5.01. The van der Waals surface area contributed by atoms with E-state index in [1.165, 1.54) is 6.33 Å². The summed E-state index contributed by atoms with van der Waals surface area (Å²) in [6.07, 6.45) is 4.11. The zero-order chi connectivity index (χ0) is 10.7. The molecule has 2 heterocycles. The summed E-state index contributed by atoms with van der Waals surface area (Å²) in [6, 6.07) is 3.92. The van der Waals surface area contributed by atoms with Crippen molar-refractivity contribution in [2.24, 2.45) is 0 Å². The third kappa shape index (κ3) is 1.92. The van der Waals surface area contributed by atoms with Gasteiger partial charge in [0.1, 0.15) is 11.8 Å². The average Bonchev–Trinajstić information content (AvgIpc) is 2.64. The quantitative estimate of drug-likeness (QED) is 0.719. The van der Waals surface area contributed by atoms with Crippen LogP contribution in [0.15, 0.2) is 18.5 Å². The summed E-state index contributed by atoms with van der Waals surface area (Å²) >= 11 is 0. The molecule has 0 saturated heterocycles. The number of nitrogens with two attached hydrogens (primary N) is 1. The Morgan fingerprint density at radius 2 is 2.20 bits per heavy atom. The Balaban J connectivity index is 2.25. The molecule has 0 aliphatic heterocycles. The molecule has 80 valence electrons. The number of unbranched alkanes of at least 4 members (excludes halogenated alkanes) is 1. The van der Waals surface area contributed by atoms with Crippen LogP contribution in [0, 0.1) is 0 Å². The Hall–Kier alpha value is -1.62. The van der Waals surface area contributed by atoms with Crippen LogP contribution < -0.4 is 5.73 Å². The van der Waals surface area contributed by atoms with Gasteiger partial charge in [0.2, 0.25) is 0 Å². The largest absolute Gasteiger partial charge is 0.396 e. The Kier molecular flexibility index (Phi) is 2.82. The van der Waals surface area contributed by atoms with Crippen molar-refractivity contribution in [2.75, 3.05) is 12.3 Å². The van der Waals surface area contributed by atoms with Gasteiger partial charge in [-0.2, -0.15) is 5.10 Å². The van der Waals surface area contributed by atoms with Crippen molar-refractivity contribution in [1.29, 1.82) is 0 Å². The van der Waals surface area contributed by atoms with E-state index in [0.717, 1.165) is 30.5 Å². The smallest absolute Gasteiger partial charge is 0.151 e. The Labute approximate surface area is 87.6 Å². The molecule has 3 N–H and O–H groups in total. The van der Waals surface area contributed by atoms with Crippen molar-refractivity contribution in [1.82, 2.24) is 14.6 Å². The number of hydrogen-bond acceptors (Lipinski definition) is 4. The minimum atomic E-state index is 0.237. The number of nitrogens with zero attached hydrogens (tertiary/aromatic N) is 3. The van der Waals surface area contributed by atoms with Gasteiger partial charge >= 0.3 is 0 Å². The van der Waals surface area contributed by atoms with Crippen molar-refractivity contribution >= 4 is 11.3 Å². The maximum absolute atomic E-state index is 8.70. The first-order valence-corrected chi connectivity index (χ1v) is 5.01. The molecule has 15 heavy (non-hydrogen) atoms. The topological polar surface area (TPSA) is 76.4 Å². The molecule has 2 aromatic rings. The predicted molar refractivity (Wildman–Crippen MR) is 57.4 cm³/mol. The van der Waals surface area contributed by atoms with Gasteiger partial charge in [-0.1, -0.05) is 0 Å². The molecule has 2 rings (SSSR count). The molecule has 0 saturated carbocycles. The van der Waals surface area contributed by atoms with E-state index < -0.39 is 0 Å². The maximum Gasteiger partial charge on any atom is 0.151 e. The van der Waals surface area contributed by atoms with Gasteiger partial charge in [0.25, 0.3) is 0 Å². The Morgan fingerprint density at radius 1 is 1.33 bits per heavy atom. The number of aliphatic hydroxyl groups is 1. The van der Waals surface area contributed by atoms with Crippen LogP contribution in [0.4, 0.5) is 5.82 Å². The third-order valence-electron chi connectivity index (χ3n) is 2.40. The molecule has 0 bridgehead atoms. The van der Waals surface area contributed by atoms with E-state index >= 15 is 0 Å². The lowest BCUT2D eigenvalue weighted by Crippen LogP contribution is -2.02. The van der Waals surface area contributed by atoms with Crippen LogP contribution in [-0.2, 0) is 6.42 Å². The van der Waals surface area contributed by atoms with Crippen LogP contribution in [0.5, 0.6) is 0 Å². The SMILES string of the molecule is Nc1ncnn2c(CCCCO)ccc12. The molecule has 0 unspecified atom stereocenters. The molecule has 5 nitrogen and oxygen atoms in total. The van der Waals surface area contributed by atoms with Gasteiger partial charge in [0.05, 0.1) is 0 Å². The lowest BCUT2D eigenvalue weighted by atomic mass is 10.2. The van der Waals surface area contributed by atoms with Crippen molar-refractivity contribution in [3.05, 3.63) is 24.2 Å². The van der Waals surface area contributed by atoms with Crippen LogP contribution >= 0.6 is 0 Å². The monoisotopic (exact) mass is 206 g/mol. The molecule has 5 heteroatoms. The lowest BCUT2D eigenvalue weighted by Gasteiger charge is -2.01. The summed E-state index contributed by atoms with van der Waals surface area (Å²) in [6.45, 7) is 0.237. The van der Waals surface area contributed by atoms with Crippen LogP contribution in [-0.4, -0.2) is 26.3 Å². The second-order valence-corrected chi connectivity index (χ2v) is 3.45. The Morgan fingerprint density at radius 3 is 3.00 bits per heavy atom. The van der Waals surface area contributed by atoms with E-state index in [1.54, 1.807) is 4.52 Å². The molecular formula is C10H14N4O. The highest BCUT2D eigenvalue weighted by molar-refractivity contribution is 5.65. The van der Waals surface area contributed by atoms with Crippen molar-refractivity contribution in [3.8, 4) is 0 Å². The molecule has 0 amide bonds. The Bertz CT molecular complexity index is 452. The van der Waals surface area contributed by atoms with E-state index in [9.17, 15) is 0 Å². The number of nitrogen functional groups attached to an aromatic ring is 1. The van der Waals surface area contributed by atoms with Crippen molar-refractivity contribution in [2.45, 2.75) is 19.3 Å². The summed E-state index contributed by atoms with van der Waals surface area (Å²) in [4.78, 5) is 3.92. The molecule has 0 aliphatic rings. The van der Waals surface area contributed by atoms with E-state index in [2.05, 4.69) is 10.1 Å². The number of fused-ring (bicyclic) bond motifs is 1. The van der Waals surface area contributed by atoms with Crippen LogP contribution in [0.25, 0.3) is 5.52 Å². The number of rotatable bonds is 4. The predicted octanol–water partition coefficient (Wildman–Crippen LogP) is 0.626. The molecule has 2 aromatic heterocycles. The minimum absolute atomic E-state index is 0.237. The highest BCUT2D eigenvalue weighted by Crippen LogP contribution is 2.14. The zero-order valence-electron chi connectivity index (χ0n) is 8.43. The van der Waals surface area contributed by atoms with Crippen molar-refractivity contribution in [3.63, 3.8) is 0 Å². The van der Waals surface area contributed by atoms with Gasteiger partial charge in [0.15, 0.2) is 5.82 Å². The normalized spacial score (nSPS) is 11.0. The van der Waals surface area contributed by atoms with E-state index in [1.807, 2.05) is 12.1 Å². The van der Waals surface area contributed by atoms with Crippen LogP contribution in [0.3, 0.4) is 0 Å². The summed E-state index contributed by atoms with van der Waals surface area (Å²) in [5.41, 5.74) is 7.66. The minimum Gasteiger partial charge on any atom is -0.396 e. The average molecular weight is 206 g/mol. The lowest BCUT2D eigenvalue weighted by molar-refractivity contribution is 0.284. The van der Waals surface area contributed by atoms with Crippen LogP contribution in [0.1, 0.15) is 18.5 Å². The molecule has 0 atom stereocenters. The summed E-state index contributed by atoms with van der Waals surface area (Å²) in [7, 11) is 0. The summed E-state index contributed by atoms with van der Waals surface area (Å²) < 4.78 is 1.81. The van der Waals surface area contributed by atoms with Gasteiger partial charge < -0.3 is 10.8 Å². The molecule has 0 aromatic carbocycles. The summed E-state index contributed by atoms with van der Waals surface area (Å²) in [5.74, 6) is 0.499. The van der Waals surface area contributed by atoms with Gasteiger partial charge in [-0.25, -0.2) is 9.50 Å². The molecule has 0 fully saturated rings. The molecule has 0 radical (unpaired) electrons. The van der Waals surface area contributed by atoms with E-state index in [0.29, 0.717) is 5.82 Å². The fourth-order valence-corrected chi connectivity index (χ4v) is 1.61. The number of anilines is 1.